The van der Waals surface area contributed by atoms with Crippen LogP contribution >= 0.6 is 0 Å². The molecule has 6 heteroatoms. The Morgan fingerprint density at radius 1 is 0.882 bits per heavy atom. The average molecular weight is 463 g/mol. The fourth-order valence-electron chi connectivity index (χ4n) is 5.19. The smallest absolute Gasteiger partial charge is 0.253 e. The van der Waals surface area contributed by atoms with Gasteiger partial charge < -0.3 is 14.7 Å². The Labute approximate surface area is 204 Å². The van der Waals surface area contributed by atoms with Gasteiger partial charge in [-0.15, -0.1) is 0 Å². The minimum absolute atomic E-state index is 0.114. The summed E-state index contributed by atoms with van der Waals surface area (Å²) in [5.74, 6) is 0.351. The molecule has 2 aromatic rings. The third kappa shape index (κ3) is 5.98. The predicted octanol–water partition coefficient (Wildman–Crippen LogP) is 3.66. The lowest BCUT2D eigenvalue weighted by atomic mass is 10.0. The monoisotopic (exact) mass is 462 g/mol. The van der Waals surface area contributed by atoms with Crippen molar-refractivity contribution in [3.63, 3.8) is 0 Å². The summed E-state index contributed by atoms with van der Waals surface area (Å²) in [4.78, 5) is 34.7. The molecule has 2 aromatic carbocycles. The number of rotatable bonds is 7. The molecule has 0 unspecified atom stereocenters. The molecule has 2 aliphatic heterocycles. The van der Waals surface area contributed by atoms with Crippen molar-refractivity contribution in [2.75, 3.05) is 57.3 Å². The molecule has 0 spiro atoms. The van der Waals surface area contributed by atoms with Gasteiger partial charge in [-0.25, -0.2) is 0 Å². The average Bonchev–Trinajstić information content (AvgIpc) is 2.88. The van der Waals surface area contributed by atoms with E-state index >= 15 is 0 Å². The van der Waals surface area contributed by atoms with E-state index in [-0.39, 0.29) is 11.8 Å². The Morgan fingerprint density at radius 2 is 1.59 bits per heavy atom. The summed E-state index contributed by atoms with van der Waals surface area (Å²) in [5.41, 5.74) is 3.27. The number of amides is 2. The molecular formula is C28H38N4O2. The molecule has 2 saturated heterocycles. The highest BCUT2D eigenvalue weighted by Crippen LogP contribution is 2.21. The zero-order valence-electron chi connectivity index (χ0n) is 20.7. The van der Waals surface area contributed by atoms with Crippen LogP contribution in [0.5, 0.6) is 0 Å². The summed E-state index contributed by atoms with van der Waals surface area (Å²) >= 11 is 0. The molecule has 2 fully saturated rings. The van der Waals surface area contributed by atoms with Gasteiger partial charge in [0.15, 0.2) is 0 Å². The van der Waals surface area contributed by atoms with E-state index in [0.717, 1.165) is 70.6 Å². The van der Waals surface area contributed by atoms with E-state index in [0.29, 0.717) is 12.6 Å². The molecule has 2 amide bonds. The van der Waals surface area contributed by atoms with Crippen molar-refractivity contribution >= 4 is 17.5 Å². The number of aryl methyl sites for hydroxylation is 1. The van der Waals surface area contributed by atoms with Gasteiger partial charge >= 0.3 is 0 Å². The van der Waals surface area contributed by atoms with Crippen molar-refractivity contribution in [3.05, 3.63) is 65.7 Å². The Kier molecular flexibility index (Phi) is 8.22. The molecule has 0 saturated carbocycles. The lowest BCUT2D eigenvalue weighted by Crippen LogP contribution is -2.53. The second-order valence-electron chi connectivity index (χ2n) is 9.57. The Balaban J connectivity index is 1.28. The third-order valence-corrected chi connectivity index (χ3v) is 7.14. The number of piperazine rings is 1. The van der Waals surface area contributed by atoms with Gasteiger partial charge in [0, 0.05) is 56.6 Å². The highest BCUT2D eigenvalue weighted by atomic mass is 16.2. The Hall–Kier alpha value is -2.86. The molecule has 34 heavy (non-hydrogen) atoms. The van der Waals surface area contributed by atoms with E-state index < -0.39 is 0 Å². The minimum Gasteiger partial charge on any atom is -0.368 e. The van der Waals surface area contributed by atoms with E-state index in [9.17, 15) is 9.59 Å². The molecule has 0 aromatic heterocycles. The lowest BCUT2D eigenvalue weighted by molar-refractivity contribution is -0.133. The summed E-state index contributed by atoms with van der Waals surface area (Å²) in [5, 5.41) is 0. The van der Waals surface area contributed by atoms with Gasteiger partial charge in [-0.1, -0.05) is 37.3 Å². The molecule has 4 rings (SSSR count). The third-order valence-electron chi connectivity index (χ3n) is 7.14. The molecular weight excluding hydrogens is 424 g/mol. The second kappa shape index (κ2) is 11.5. The maximum absolute atomic E-state index is 13.2. The molecule has 6 nitrogen and oxygen atoms in total. The summed E-state index contributed by atoms with van der Waals surface area (Å²) in [6.45, 7) is 10.5. The predicted molar refractivity (Wildman–Crippen MR) is 137 cm³/mol. The number of benzene rings is 2. The quantitative estimate of drug-likeness (QED) is 0.630. The van der Waals surface area contributed by atoms with Crippen LogP contribution < -0.4 is 4.90 Å². The van der Waals surface area contributed by atoms with Crippen molar-refractivity contribution in [1.29, 1.82) is 0 Å². The van der Waals surface area contributed by atoms with Gasteiger partial charge in [0.25, 0.3) is 5.91 Å². The summed E-state index contributed by atoms with van der Waals surface area (Å²) in [6, 6.07) is 18.5. The molecule has 0 bridgehead atoms. The van der Waals surface area contributed by atoms with Crippen molar-refractivity contribution < 1.29 is 9.59 Å². The first kappa shape index (κ1) is 24.3. The number of nitrogens with zero attached hydrogens (tertiary/aromatic N) is 4. The first-order valence-electron chi connectivity index (χ1n) is 12.7. The zero-order chi connectivity index (χ0) is 23.9. The number of piperidine rings is 1. The van der Waals surface area contributed by atoms with Gasteiger partial charge in [-0.3, -0.25) is 14.5 Å². The number of carbonyl (C=O) groups excluding carboxylic acids is 2. The van der Waals surface area contributed by atoms with Gasteiger partial charge in [0.05, 0.1) is 6.54 Å². The first-order valence-corrected chi connectivity index (χ1v) is 12.7. The van der Waals surface area contributed by atoms with Gasteiger partial charge in [-0.2, -0.15) is 0 Å². The molecule has 2 aliphatic rings. The van der Waals surface area contributed by atoms with Crippen LogP contribution in [0.1, 0.15) is 42.1 Å². The largest absolute Gasteiger partial charge is 0.368 e. The Morgan fingerprint density at radius 3 is 2.24 bits per heavy atom. The Bertz CT molecular complexity index is 948. The zero-order valence-corrected chi connectivity index (χ0v) is 20.7. The maximum atomic E-state index is 13.2. The number of hydrogen-bond acceptors (Lipinski definition) is 4. The normalized spacial score (nSPS) is 17.3. The number of likely N-dealkylation sites (tertiary alicyclic amines) is 1. The maximum Gasteiger partial charge on any atom is 0.253 e. The highest BCUT2D eigenvalue weighted by molar-refractivity contribution is 5.94. The van der Waals surface area contributed by atoms with Crippen LogP contribution in [0.15, 0.2) is 54.6 Å². The molecule has 182 valence electrons. The van der Waals surface area contributed by atoms with Crippen molar-refractivity contribution in [3.8, 4) is 0 Å². The van der Waals surface area contributed by atoms with E-state index in [1.54, 1.807) is 0 Å². The van der Waals surface area contributed by atoms with E-state index in [1.807, 2.05) is 40.1 Å². The van der Waals surface area contributed by atoms with E-state index in [2.05, 4.69) is 47.9 Å². The first-order chi connectivity index (χ1) is 16.5. The molecule has 0 N–H and O–H groups in total. The van der Waals surface area contributed by atoms with Gasteiger partial charge in [-0.05, 0) is 62.6 Å². The van der Waals surface area contributed by atoms with Crippen molar-refractivity contribution in [2.45, 2.75) is 39.2 Å². The fraction of sp³-hybridized carbons (Fsp3) is 0.500. The van der Waals surface area contributed by atoms with Gasteiger partial charge in [0.2, 0.25) is 5.91 Å². The summed E-state index contributed by atoms with van der Waals surface area (Å²) in [7, 11) is 0. The van der Waals surface area contributed by atoms with Crippen LogP contribution in [0, 0.1) is 6.92 Å². The van der Waals surface area contributed by atoms with E-state index in [4.69, 9.17) is 0 Å². The SMILES string of the molecule is CCCN(CC(=O)N1CCN(c2cccc(C)c2)CC1)C1CCN(C(=O)c2ccccc2)CC1. The van der Waals surface area contributed by atoms with Crippen LogP contribution in [0.3, 0.4) is 0 Å². The molecule has 2 heterocycles. The molecule has 0 aliphatic carbocycles. The molecule has 0 radical (unpaired) electrons. The number of hydrogen-bond donors (Lipinski definition) is 0. The van der Waals surface area contributed by atoms with Gasteiger partial charge in [0.1, 0.15) is 0 Å². The lowest BCUT2D eigenvalue weighted by Gasteiger charge is -2.40. The standard InChI is InChI=1S/C28H38N4O2/c1-3-14-32(25-12-15-31(16-13-25)28(34)24-9-5-4-6-10-24)22-27(33)30-19-17-29(18-20-30)26-11-7-8-23(2)21-26/h4-11,21,25H,3,12-20,22H2,1-2H3. The van der Waals surface area contributed by atoms with Crippen LogP contribution in [0.2, 0.25) is 0 Å². The number of anilines is 1. The topological polar surface area (TPSA) is 47.1 Å². The van der Waals surface area contributed by atoms with Crippen LogP contribution in [-0.2, 0) is 4.79 Å². The summed E-state index contributed by atoms with van der Waals surface area (Å²) < 4.78 is 0. The molecule has 0 atom stereocenters. The number of carbonyl (C=O) groups is 2. The van der Waals surface area contributed by atoms with Crippen molar-refractivity contribution in [2.24, 2.45) is 0 Å². The van der Waals surface area contributed by atoms with Crippen LogP contribution in [-0.4, -0.2) is 84.9 Å². The second-order valence-corrected chi connectivity index (χ2v) is 9.57. The van der Waals surface area contributed by atoms with Crippen LogP contribution in [0.25, 0.3) is 0 Å². The minimum atomic E-state index is 0.114. The summed E-state index contributed by atoms with van der Waals surface area (Å²) in [6.07, 6.45) is 2.87. The fourth-order valence-corrected chi connectivity index (χ4v) is 5.19. The van der Waals surface area contributed by atoms with E-state index in [1.165, 1.54) is 11.3 Å². The van der Waals surface area contributed by atoms with Crippen LogP contribution in [0.4, 0.5) is 5.69 Å². The van der Waals surface area contributed by atoms with Crippen molar-refractivity contribution in [1.82, 2.24) is 14.7 Å². The highest BCUT2D eigenvalue weighted by Gasteiger charge is 2.30.